The lowest BCUT2D eigenvalue weighted by Crippen LogP contribution is -2.30. The third-order valence-corrected chi connectivity index (χ3v) is 3.35. The summed E-state index contributed by atoms with van der Waals surface area (Å²) in [4.78, 5) is 0. The predicted octanol–water partition coefficient (Wildman–Crippen LogP) is 4.48. The Bertz CT molecular complexity index is 345. The van der Waals surface area contributed by atoms with E-state index >= 15 is 0 Å². The number of unbranched alkanes of at least 4 members (excludes halogenated alkanes) is 3. The highest BCUT2D eigenvalue weighted by Crippen LogP contribution is 2.12. The van der Waals surface area contributed by atoms with Gasteiger partial charge < -0.3 is 5.32 Å². The number of hydrogen-bond donors (Lipinski definition) is 1. The van der Waals surface area contributed by atoms with E-state index in [0.29, 0.717) is 6.04 Å². The molecule has 0 aliphatic rings. The van der Waals surface area contributed by atoms with Crippen molar-refractivity contribution in [1.29, 1.82) is 0 Å². The molecule has 0 radical (unpaired) electrons. The molecule has 1 rings (SSSR count). The van der Waals surface area contributed by atoms with E-state index in [-0.39, 0.29) is 5.82 Å². The minimum absolute atomic E-state index is 0.159. The first-order valence-electron chi connectivity index (χ1n) is 7.35. The van der Waals surface area contributed by atoms with E-state index in [1.54, 1.807) is 12.1 Å². The highest BCUT2D eigenvalue weighted by Gasteiger charge is 2.08. The molecule has 1 nitrogen and oxygen atoms in total. The molecular formula is C17H26FN. The molecule has 1 N–H and O–H groups in total. The van der Waals surface area contributed by atoms with Crippen molar-refractivity contribution in [3.63, 3.8) is 0 Å². The van der Waals surface area contributed by atoms with Crippen LogP contribution in [-0.4, -0.2) is 12.6 Å². The summed E-state index contributed by atoms with van der Waals surface area (Å²) in [5.41, 5.74) is 1.21. The van der Waals surface area contributed by atoms with Crippen molar-refractivity contribution in [3.05, 3.63) is 48.3 Å². The fourth-order valence-corrected chi connectivity index (χ4v) is 2.33. The van der Waals surface area contributed by atoms with Crippen LogP contribution in [0.15, 0.2) is 36.9 Å². The van der Waals surface area contributed by atoms with E-state index in [2.05, 4.69) is 18.8 Å². The van der Waals surface area contributed by atoms with Crippen molar-refractivity contribution in [3.8, 4) is 0 Å². The van der Waals surface area contributed by atoms with Crippen molar-refractivity contribution < 1.29 is 4.39 Å². The molecule has 0 heterocycles. The van der Waals surface area contributed by atoms with E-state index < -0.39 is 0 Å². The first-order valence-corrected chi connectivity index (χ1v) is 7.35. The van der Waals surface area contributed by atoms with Gasteiger partial charge in [-0.05, 0) is 49.9 Å². The van der Waals surface area contributed by atoms with Crippen LogP contribution in [0.2, 0.25) is 0 Å². The van der Waals surface area contributed by atoms with Crippen LogP contribution in [0.4, 0.5) is 4.39 Å². The Labute approximate surface area is 116 Å². The van der Waals surface area contributed by atoms with Gasteiger partial charge in [0.2, 0.25) is 0 Å². The molecule has 0 fully saturated rings. The molecule has 1 unspecified atom stereocenters. The smallest absolute Gasteiger partial charge is 0.123 e. The molecule has 1 aromatic carbocycles. The molecule has 0 aliphatic carbocycles. The first-order chi connectivity index (χ1) is 9.26. The molecule has 0 saturated heterocycles. The summed E-state index contributed by atoms with van der Waals surface area (Å²) in [6, 6.07) is 7.36. The molecule has 0 saturated carbocycles. The second-order valence-electron chi connectivity index (χ2n) is 5.01. The molecule has 1 atom stereocenters. The molecule has 19 heavy (non-hydrogen) atoms. The largest absolute Gasteiger partial charge is 0.314 e. The fourth-order valence-electron chi connectivity index (χ4n) is 2.33. The Kier molecular flexibility index (Phi) is 8.15. The van der Waals surface area contributed by atoms with Gasteiger partial charge in [-0.1, -0.05) is 38.0 Å². The van der Waals surface area contributed by atoms with Crippen LogP contribution in [0, 0.1) is 5.82 Å². The predicted molar refractivity (Wildman–Crippen MR) is 80.9 cm³/mol. The van der Waals surface area contributed by atoms with Crippen LogP contribution in [-0.2, 0) is 6.42 Å². The van der Waals surface area contributed by atoms with Crippen LogP contribution in [0.3, 0.4) is 0 Å². The Balaban J connectivity index is 2.34. The van der Waals surface area contributed by atoms with E-state index in [1.807, 2.05) is 18.2 Å². The molecule has 1 aromatic rings. The van der Waals surface area contributed by atoms with Crippen molar-refractivity contribution in [2.45, 2.75) is 51.5 Å². The van der Waals surface area contributed by atoms with Crippen LogP contribution >= 0.6 is 0 Å². The van der Waals surface area contributed by atoms with Gasteiger partial charge in [0, 0.05) is 6.04 Å². The summed E-state index contributed by atoms with van der Waals surface area (Å²) < 4.78 is 12.9. The lowest BCUT2D eigenvalue weighted by molar-refractivity contribution is 0.464. The molecule has 0 aromatic heterocycles. The third kappa shape index (κ3) is 7.12. The number of benzene rings is 1. The van der Waals surface area contributed by atoms with E-state index in [9.17, 15) is 4.39 Å². The molecule has 2 heteroatoms. The lowest BCUT2D eigenvalue weighted by atomic mass is 10.00. The van der Waals surface area contributed by atoms with Crippen molar-refractivity contribution >= 4 is 0 Å². The first kappa shape index (κ1) is 15.9. The second-order valence-corrected chi connectivity index (χ2v) is 5.01. The van der Waals surface area contributed by atoms with Crippen molar-refractivity contribution in [2.75, 3.05) is 6.54 Å². The molecule has 0 bridgehead atoms. The summed E-state index contributed by atoms with van der Waals surface area (Å²) in [7, 11) is 0. The molecular weight excluding hydrogens is 237 g/mol. The van der Waals surface area contributed by atoms with E-state index in [4.69, 9.17) is 0 Å². The van der Waals surface area contributed by atoms with Gasteiger partial charge in [0.05, 0.1) is 0 Å². The number of allylic oxidation sites excluding steroid dienone is 1. The minimum atomic E-state index is -0.159. The van der Waals surface area contributed by atoms with Gasteiger partial charge in [-0.25, -0.2) is 4.39 Å². The maximum Gasteiger partial charge on any atom is 0.123 e. The summed E-state index contributed by atoms with van der Waals surface area (Å²) >= 11 is 0. The third-order valence-electron chi connectivity index (χ3n) is 3.35. The number of hydrogen-bond acceptors (Lipinski definition) is 1. The van der Waals surface area contributed by atoms with Gasteiger partial charge in [0.15, 0.2) is 0 Å². The fraction of sp³-hybridized carbons (Fsp3) is 0.529. The Morgan fingerprint density at radius 1 is 1.21 bits per heavy atom. The molecule has 0 aliphatic heterocycles. The highest BCUT2D eigenvalue weighted by atomic mass is 19.1. The molecule has 0 spiro atoms. The van der Waals surface area contributed by atoms with Gasteiger partial charge in [-0.2, -0.15) is 0 Å². The number of rotatable bonds is 10. The average molecular weight is 263 g/mol. The van der Waals surface area contributed by atoms with Gasteiger partial charge in [0.1, 0.15) is 5.82 Å². The Hall–Kier alpha value is -1.15. The quantitative estimate of drug-likeness (QED) is 0.484. The Morgan fingerprint density at radius 2 is 1.95 bits per heavy atom. The van der Waals surface area contributed by atoms with Crippen LogP contribution < -0.4 is 5.32 Å². The second kappa shape index (κ2) is 9.74. The van der Waals surface area contributed by atoms with Gasteiger partial charge in [-0.15, -0.1) is 6.58 Å². The molecule has 0 amide bonds. The zero-order chi connectivity index (χ0) is 13.9. The van der Waals surface area contributed by atoms with Crippen LogP contribution in [0.25, 0.3) is 0 Å². The zero-order valence-corrected chi connectivity index (χ0v) is 12.0. The zero-order valence-electron chi connectivity index (χ0n) is 12.0. The maximum atomic E-state index is 12.9. The monoisotopic (exact) mass is 263 g/mol. The van der Waals surface area contributed by atoms with Crippen LogP contribution in [0.1, 0.15) is 44.6 Å². The van der Waals surface area contributed by atoms with Gasteiger partial charge >= 0.3 is 0 Å². The van der Waals surface area contributed by atoms with Gasteiger partial charge in [-0.3, -0.25) is 0 Å². The van der Waals surface area contributed by atoms with E-state index in [1.165, 1.54) is 31.2 Å². The minimum Gasteiger partial charge on any atom is -0.314 e. The summed E-state index contributed by atoms with van der Waals surface area (Å²) in [5.74, 6) is -0.159. The number of nitrogens with one attached hydrogen (secondary N) is 1. The number of likely N-dealkylation sites (N-methyl/N-ethyl adjacent to an activating group) is 1. The Morgan fingerprint density at radius 3 is 2.58 bits per heavy atom. The average Bonchev–Trinajstić information content (AvgIpc) is 2.41. The van der Waals surface area contributed by atoms with E-state index in [0.717, 1.165) is 19.4 Å². The van der Waals surface area contributed by atoms with Crippen molar-refractivity contribution in [2.24, 2.45) is 0 Å². The maximum absolute atomic E-state index is 12.9. The van der Waals surface area contributed by atoms with Gasteiger partial charge in [0.25, 0.3) is 0 Å². The summed E-state index contributed by atoms with van der Waals surface area (Å²) in [6.07, 6.45) is 9.00. The highest BCUT2D eigenvalue weighted by molar-refractivity contribution is 5.17. The molecule has 106 valence electrons. The number of halogens is 1. The topological polar surface area (TPSA) is 12.0 Å². The van der Waals surface area contributed by atoms with Crippen LogP contribution in [0.5, 0.6) is 0 Å². The lowest BCUT2D eigenvalue weighted by Gasteiger charge is -2.18. The standard InChI is InChI=1S/C17H26FN/c1-3-5-6-7-8-9-17(19-4-2)14-15-10-12-16(18)13-11-15/h3,10-13,17,19H,1,4-9,14H2,2H3. The summed E-state index contributed by atoms with van der Waals surface area (Å²) in [6.45, 7) is 6.86. The SMILES string of the molecule is C=CCCCCCC(Cc1ccc(F)cc1)NCC. The normalized spacial score (nSPS) is 12.3. The van der Waals surface area contributed by atoms with Crippen molar-refractivity contribution in [1.82, 2.24) is 5.32 Å². The summed E-state index contributed by atoms with van der Waals surface area (Å²) in [5, 5.41) is 3.52.